The van der Waals surface area contributed by atoms with E-state index in [2.05, 4.69) is 22.1 Å². The van der Waals surface area contributed by atoms with Gasteiger partial charge in [-0.3, -0.25) is 4.98 Å². The van der Waals surface area contributed by atoms with Crippen molar-refractivity contribution < 1.29 is 4.74 Å². The molecule has 0 aliphatic rings. The van der Waals surface area contributed by atoms with Crippen molar-refractivity contribution >= 4 is 22.5 Å². The summed E-state index contributed by atoms with van der Waals surface area (Å²) in [5.41, 5.74) is 5.22. The van der Waals surface area contributed by atoms with Crippen LogP contribution < -0.4 is 4.74 Å². The maximum atomic E-state index is 6.11. The number of pyridine rings is 1. The van der Waals surface area contributed by atoms with E-state index in [0.29, 0.717) is 0 Å². The Bertz CT molecular complexity index is 1020. The van der Waals surface area contributed by atoms with Gasteiger partial charge in [-0.15, -0.1) is 0 Å². The van der Waals surface area contributed by atoms with Crippen LogP contribution in [-0.4, -0.2) is 17.1 Å². The highest BCUT2D eigenvalue weighted by molar-refractivity contribution is 6.30. The van der Waals surface area contributed by atoms with E-state index >= 15 is 0 Å². The van der Waals surface area contributed by atoms with Gasteiger partial charge < -0.3 is 9.72 Å². The highest BCUT2D eigenvalue weighted by Crippen LogP contribution is 2.34. The number of fused-ring (bicyclic) bond motifs is 1. The van der Waals surface area contributed by atoms with E-state index in [1.807, 2.05) is 55.0 Å². The van der Waals surface area contributed by atoms with E-state index in [-0.39, 0.29) is 0 Å². The van der Waals surface area contributed by atoms with Crippen LogP contribution in [0, 0.1) is 0 Å². The molecular weight excluding hydrogens is 320 g/mol. The Balaban J connectivity index is 1.85. The van der Waals surface area contributed by atoms with Gasteiger partial charge in [-0.25, -0.2) is 0 Å². The molecule has 2 heterocycles. The second-order valence-corrected chi connectivity index (χ2v) is 5.99. The van der Waals surface area contributed by atoms with E-state index in [0.717, 1.165) is 43.9 Å². The average molecular weight is 335 g/mol. The number of aromatic amines is 1. The monoisotopic (exact) mass is 334 g/mol. The van der Waals surface area contributed by atoms with Gasteiger partial charge in [0.15, 0.2) is 0 Å². The summed E-state index contributed by atoms with van der Waals surface area (Å²) in [6.45, 7) is 0. The number of benzene rings is 2. The van der Waals surface area contributed by atoms with Crippen molar-refractivity contribution in [3.8, 4) is 28.0 Å². The van der Waals surface area contributed by atoms with Crippen LogP contribution in [0.25, 0.3) is 33.2 Å². The minimum atomic E-state index is 0.717. The molecule has 0 radical (unpaired) electrons. The number of para-hydroxylation sites is 1. The van der Waals surface area contributed by atoms with Crippen LogP contribution in [0.4, 0.5) is 0 Å². The normalized spacial score (nSPS) is 10.9. The Morgan fingerprint density at radius 2 is 1.79 bits per heavy atom. The first-order valence-electron chi connectivity index (χ1n) is 7.62. The van der Waals surface area contributed by atoms with Gasteiger partial charge in [0.05, 0.1) is 12.6 Å². The molecule has 0 spiro atoms. The second kappa shape index (κ2) is 6.02. The molecule has 4 rings (SSSR count). The van der Waals surface area contributed by atoms with Gasteiger partial charge in [-0.2, -0.15) is 0 Å². The third-order valence-electron chi connectivity index (χ3n) is 4.10. The van der Waals surface area contributed by atoms with Crippen LogP contribution in [0.3, 0.4) is 0 Å². The average Bonchev–Trinajstić information content (AvgIpc) is 3.06. The number of methoxy groups -OCH3 is 1. The number of aromatic nitrogens is 2. The summed E-state index contributed by atoms with van der Waals surface area (Å²) >= 11 is 6.11. The number of rotatable bonds is 3. The highest BCUT2D eigenvalue weighted by Gasteiger charge is 2.11. The maximum Gasteiger partial charge on any atom is 0.142 e. The van der Waals surface area contributed by atoms with Crippen LogP contribution >= 0.6 is 11.6 Å². The Labute approximate surface area is 144 Å². The molecular formula is C20H15ClN2O. The zero-order chi connectivity index (χ0) is 16.5. The fourth-order valence-electron chi connectivity index (χ4n) is 2.95. The fourth-order valence-corrected chi connectivity index (χ4v) is 3.14. The zero-order valence-corrected chi connectivity index (χ0v) is 13.8. The molecule has 2 aromatic heterocycles. The molecule has 1 N–H and O–H groups in total. The van der Waals surface area contributed by atoms with Gasteiger partial charge in [0.1, 0.15) is 5.75 Å². The first kappa shape index (κ1) is 14.8. The lowest BCUT2D eigenvalue weighted by molar-refractivity contribution is 0.419. The summed E-state index contributed by atoms with van der Waals surface area (Å²) in [6.07, 6.45) is 5.71. The molecule has 24 heavy (non-hydrogen) atoms. The van der Waals surface area contributed by atoms with Gasteiger partial charge in [-0.05, 0) is 29.8 Å². The molecule has 0 atom stereocenters. The summed E-state index contributed by atoms with van der Waals surface area (Å²) in [7, 11) is 1.68. The van der Waals surface area contributed by atoms with Crippen molar-refractivity contribution in [1.29, 1.82) is 0 Å². The molecule has 118 valence electrons. The molecule has 0 aliphatic carbocycles. The van der Waals surface area contributed by atoms with Gasteiger partial charge >= 0.3 is 0 Å². The number of H-pyrrole nitrogens is 1. The lowest BCUT2D eigenvalue weighted by Crippen LogP contribution is -1.85. The Morgan fingerprint density at radius 3 is 2.62 bits per heavy atom. The molecule has 4 aromatic rings. The van der Waals surface area contributed by atoms with Crippen molar-refractivity contribution in [2.24, 2.45) is 0 Å². The van der Waals surface area contributed by atoms with Crippen molar-refractivity contribution in [1.82, 2.24) is 9.97 Å². The van der Waals surface area contributed by atoms with Gasteiger partial charge in [-0.1, -0.05) is 35.9 Å². The minimum Gasteiger partial charge on any atom is -0.495 e. The van der Waals surface area contributed by atoms with E-state index in [1.165, 1.54) is 0 Å². The number of halogens is 1. The molecule has 2 aromatic carbocycles. The van der Waals surface area contributed by atoms with E-state index in [4.69, 9.17) is 16.3 Å². The van der Waals surface area contributed by atoms with Crippen molar-refractivity contribution in [2.75, 3.05) is 7.11 Å². The summed E-state index contributed by atoms with van der Waals surface area (Å²) in [6, 6.07) is 15.9. The number of nitrogens with one attached hydrogen (secondary N) is 1. The first-order valence-corrected chi connectivity index (χ1v) is 7.99. The van der Waals surface area contributed by atoms with Gasteiger partial charge in [0.2, 0.25) is 0 Å². The van der Waals surface area contributed by atoms with Crippen LogP contribution in [0.2, 0.25) is 5.02 Å². The number of ether oxygens (including phenoxy) is 1. The van der Waals surface area contributed by atoms with E-state index < -0.39 is 0 Å². The molecule has 4 heteroatoms. The predicted octanol–water partition coefficient (Wildman–Crippen LogP) is 5.56. The third-order valence-corrected chi connectivity index (χ3v) is 4.34. The molecule has 0 amide bonds. The van der Waals surface area contributed by atoms with Gasteiger partial charge in [0.25, 0.3) is 0 Å². The standard InChI is InChI=1S/C20H15ClN2O/c1-24-19-7-3-6-17-18(12-23-20(17)19)15-8-14(10-22-11-15)13-4-2-5-16(21)9-13/h2-12,23H,1H3. The highest BCUT2D eigenvalue weighted by atomic mass is 35.5. The Hall–Kier alpha value is -2.78. The molecule has 0 saturated carbocycles. The quantitative estimate of drug-likeness (QED) is 0.532. The van der Waals surface area contributed by atoms with Crippen molar-refractivity contribution in [3.05, 3.63) is 72.1 Å². The second-order valence-electron chi connectivity index (χ2n) is 5.56. The number of hydrogen-bond donors (Lipinski definition) is 1. The van der Waals surface area contributed by atoms with E-state index in [9.17, 15) is 0 Å². The Morgan fingerprint density at radius 1 is 0.958 bits per heavy atom. The molecule has 0 bridgehead atoms. The predicted molar refractivity (Wildman–Crippen MR) is 98.5 cm³/mol. The molecule has 0 unspecified atom stereocenters. The maximum absolute atomic E-state index is 6.11. The summed E-state index contributed by atoms with van der Waals surface area (Å²) in [5, 5.41) is 1.83. The van der Waals surface area contributed by atoms with Crippen molar-refractivity contribution in [2.45, 2.75) is 0 Å². The first-order chi connectivity index (χ1) is 11.8. The molecule has 0 fully saturated rings. The largest absolute Gasteiger partial charge is 0.495 e. The topological polar surface area (TPSA) is 37.9 Å². The summed E-state index contributed by atoms with van der Waals surface area (Å²) < 4.78 is 5.42. The van der Waals surface area contributed by atoms with E-state index in [1.54, 1.807) is 7.11 Å². The minimum absolute atomic E-state index is 0.717. The van der Waals surface area contributed by atoms with Gasteiger partial charge in [0, 0.05) is 45.7 Å². The van der Waals surface area contributed by atoms with Crippen LogP contribution in [0.15, 0.2) is 67.1 Å². The fraction of sp³-hybridized carbons (Fsp3) is 0.0500. The van der Waals surface area contributed by atoms with Crippen LogP contribution in [-0.2, 0) is 0 Å². The SMILES string of the molecule is COc1cccc2c(-c3cncc(-c4cccc(Cl)c4)c3)c[nH]c12. The van der Waals surface area contributed by atoms with Crippen molar-refractivity contribution in [3.63, 3.8) is 0 Å². The molecule has 0 saturated heterocycles. The summed E-state index contributed by atoms with van der Waals surface area (Å²) in [5.74, 6) is 0.831. The smallest absolute Gasteiger partial charge is 0.142 e. The summed E-state index contributed by atoms with van der Waals surface area (Å²) in [4.78, 5) is 7.71. The lowest BCUT2D eigenvalue weighted by Gasteiger charge is -2.06. The zero-order valence-electron chi connectivity index (χ0n) is 13.1. The number of nitrogens with zero attached hydrogens (tertiary/aromatic N) is 1. The van der Waals surface area contributed by atoms with Crippen LogP contribution in [0.1, 0.15) is 0 Å². The Kier molecular flexibility index (Phi) is 3.71. The molecule has 0 aliphatic heterocycles. The third kappa shape index (κ3) is 2.53. The lowest BCUT2D eigenvalue weighted by atomic mass is 10.0. The molecule has 3 nitrogen and oxygen atoms in total. The van der Waals surface area contributed by atoms with Crippen LogP contribution in [0.5, 0.6) is 5.75 Å². The number of hydrogen-bond acceptors (Lipinski definition) is 2.